The Kier molecular flexibility index (Phi) is 4.39. The molecule has 1 aromatic carbocycles. The zero-order valence-corrected chi connectivity index (χ0v) is 13.1. The smallest absolute Gasteiger partial charge is 0.134 e. The van der Waals surface area contributed by atoms with E-state index < -0.39 is 0 Å². The van der Waals surface area contributed by atoms with Gasteiger partial charge in [-0.25, -0.2) is 4.98 Å². The van der Waals surface area contributed by atoms with Crippen LogP contribution in [0.25, 0.3) is 10.9 Å². The van der Waals surface area contributed by atoms with Gasteiger partial charge in [0.2, 0.25) is 0 Å². The summed E-state index contributed by atoms with van der Waals surface area (Å²) in [7, 11) is 0. The molecule has 0 aliphatic carbocycles. The van der Waals surface area contributed by atoms with Crippen molar-refractivity contribution in [2.75, 3.05) is 18.0 Å². The van der Waals surface area contributed by atoms with E-state index in [0.29, 0.717) is 6.04 Å². The van der Waals surface area contributed by atoms with E-state index >= 15 is 0 Å². The summed E-state index contributed by atoms with van der Waals surface area (Å²) in [5.74, 6) is 1.18. The Morgan fingerprint density at radius 1 is 1.29 bits per heavy atom. The number of fused-ring (bicyclic) bond motifs is 1. The molecule has 0 saturated carbocycles. The molecular formula is C18H25N3. The van der Waals surface area contributed by atoms with Crippen molar-refractivity contribution >= 4 is 16.7 Å². The zero-order valence-electron chi connectivity index (χ0n) is 13.1. The van der Waals surface area contributed by atoms with E-state index in [-0.39, 0.29) is 0 Å². The van der Waals surface area contributed by atoms with Gasteiger partial charge in [0.25, 0.3) is 0 Å². The Balaban J connectivity index is 2.04. The summed E-state index contributed by atoms with van der Waals surface area (Å²) in [6, 6.07) is 11.3. The molecule has 1 N–H and O–H groups in total. The molecular weight excluding hydrogens is 258 g/mol. The van der Waals surface area contributed by atoms with Gasteiger partial charge in [-0.2, -0.15) is 0 Å². The molecule has 2 heterocycles. The number of hydrogen-bond acceptors (Lipinski definition) is 3. The molecule has 1 aliphatic heterocycles. The average Bonchev–Trinajstić information content (AvgIpc) is 2.52. The van der Waals surface area contributed by atoms with Gasteiger partial charge in [-0.05, 0) is 44.9 Å². The number of nitrogens with zero attached hydrogens (tertiary/aromatic N) is 2. The summed E-state index contributed by atoms with van der Waals surface area (Å²) >= 11 is 0. The fourth-order valence-electron chi connectivity index (χ4n) is 3.20. The van der Waals surface area contributed by atoms with Gasteiger partial charge in [-0.15, -0.1) is 0 Å². The van der Waals surface area contributed by atoms with E-state index in [1.807, 2.05) is 0 Å². The number of aromatic nitrogens is 1. The molecule has 1 aromatic heterocycles. The molecule has 3 nitrogen and oxygen atoms in total. The van der Waals surface area contributed by atoms with Crippen molar-refractivity contribution in [3.8, 4) is 0 Å². The lowest BCUT2D eigenvalue weighted by Crippen LogP contribution is -2.39. The van der Waals surface area contributed by atoms with Crippen molar-refractivity contribution in [1.29, 1.82) is 0 Å². The maximum absolute atomic E-state index is 4.99. The molecule has 21 heavy (non-hydrogen) atoms. The van der Waals surface area contributed by atoms with Gasteiger partial charge in [0.15, 0.2) is 0 Å². The van der Waals surface area contributed by atoms with Crippen LogP contribution in [0.5, 0.6) is 0 Å². The van der Waals surface area contributed by atoms with Crippen LogP contribution in [0.2, 0.25) is 0 Å². The van der Waals surface area contributed by atoms with Crippen molar-refractivity contribution in [2.45, 2.75) is 45.7 Å². The number of para-hydroxylation sites is 1. The van der Waals surface area contributed by atoms with Crippen molar-refractivity contribution < 1.29 is 0 Å². The summed E-state index contributed by atoms with van der Waals surface area (Å²) in [5, 5.41) is 4.69. The Labute approximate surface area is 127 Å². The Morgan fingerprint density at radius 2 is 2.14 bits per heavy atom. The van der Waals surface area contributed by atoms with Crippen molar-refractivity contribution in [3.63, 3.8) is 0 Å². The average molecular weight is 283 g/mol. The molecule has 0 spiro atoms. The summed E-state index contributed by atoms with van der Waals surface area (Å²) in [6.07, 6.45) is 3.89. The van der Waals surface area contributed by atoms with E-state index in [2.05, 4.69) is 54.4 Å². The van der Waals surface area contributed by atoms with E-state index in [0.717, 1.165) is 25.2 Å². The molecule has 2 aromatic rings. The van der Waals surface area contributed by atoms with Crippen LogP contribution in [0.4, 0.5) is 5.82 Å². The maximum Gasteiger partial charge on any atom is 0.134 e. The molecule has 0 amide bonds. The number of nitrogens with one attached hydrogen (secondary N) is 1. The summed E-state index contributed by atoms with van der Waals surface area (Å²) in [6.45, 7) is 7.49. The summed E-state index contributed by atoms with van der Waals surface area (Å²) in [5.41, 5.74) is 2.43. The quantitative estimate of drug-likeness (QED) is 0.927. The SMILES string of the molecule is CCNCc1cc2ccccc2nc1N1CCCCC1C. The zero-order chi connectivity index (χ0) is 14.7. The van der Waals surface area contributed by atoms with Crippen LogP contribution in [0, 0.1) is 0 Å². The second kappa shape index (κ2) is 6.44. The molecule has 1 saturated heterocycles. The first-order chi connectivity index (χ1) is 10.3. The van der Waals surface area contributed by atoms with Crippen molar-refractivity contribution in [1.82, 2.24) is 10.3 Å². The predicted molar refractivity (Wildman–Crippen MR) is 89.8 cm³/mol. The van der Waals surface area contributed by atoms with Crippen LogP contribution < -0.4 is 10.2 Å². The molecule has 0 radical (unpaired) electrons. The van der Waals surface area contributed by atoms with Gasteiger partial charge in [0.1, 0.15) is 5.82 Å². The third-order valence-electron chi connectivity index (χ3n) is 4.42. The molecule has 1 aliphatic rings. The third kappa shape index (κ3) is 3.03. The van der Waals surface area contributed by atoms with Gasteiger partial charge >= 0.3 is 0 Å². The fourth-order valence-corrected chi connectivity index (χ4v) is 3.20. The van der Waals surface area contributed by atoms with E-state index in [1.165, 1.54) is 36.0 Å². The monoisotopic (exact) mass is 283 g/mol. The molecule has 3 rings (SSSR count). The first-order valence-electron chi connectivity index (χ1n) is 8.15. The van der Waals surface area contributed by atoms with Gasteiger partial charge in [0.05, 0.1) is 5.52 Å². The number of pyridine rings is 1. The molecule has 1 atom stereocenters. The minimum absolute atomic E-state index is 0.591. The van der Waals surface area contributed by atoms with Gasteiger partial charge in [-0.3, -0.25) is 0 Å². The molecule has 3 heteroatoms. The number of anilines is 1. The number of hydrogen-bond donors (Lipinski definition) is 1. The second-order valence-electron chi connectivity index (χ2n) is 5.98. The number of benzene rings is 1. The highest BCUT2D eigenvalue weighted by atomic mass is 15.2. The maximum atomic E-state index is 4.99. The first kappa shape index (κ1) is 14.3. The Hall–Kier alpha value is -1.61. The highest BCUT2D eigenvalue weighted by Gasteiger charge is 2.22. The summed E-state index contributed by atoms with van der Waals surface area (Å²) in [4.78, 5) is 7.49. The first-order valence-corrected chi connectivity index (χ1v) is 8.15. The number of rotatable bonds is 4. The van der Waals surface area contributed by atoms with Gasteiger partial charge in [-0.1, -0.05) is 25.1 Å². The van der Waals surface area contributed by atoms with Gasteiger partial charge < -0.3 is 10.2 Å². The standard InChI is InChI=1S/C18H25N3/c1-3-19-13-16-12-15-9-4-5-10-17(15)20-18(16)21-11-7-6-8-14(21)2/h4-5,9-10,12,14,19H,3,6-8,11,13H2,1-2H3. The van der Waals surface area contributed by atoms with Crippen LogP contribution in [0.1, 0.15) is 38.7 Å². The minimum Gasteiger partial charge on any atom is -0.354 e. The Bertz CT molecular complexity index is 608. The summed E-state index contributed by atoms with van der Waals surface area (Å²) < 4.78 is 0. The lowest BCUT2D eigenvalue weighted by molar-refractivity contribution is 0.480. The molecule has 0 bridgehead atoms. The van der Waals surface area contributed by atoms with E-state index in [1.54, 1.807) is 0 Å². The molecule has 1 unspecified atom stereocenters. The molecule has 112 valence electrons. The van der Waals surface area contributed by atoms with E-state index in [4.69, 9.17) is 4.98 Å². The predicted octanol–water partition coefficient (Wildman–Crippen LogP) is 3.72. The fraction of sp³-hybridized carbons (Fsp3) is 0.500. The second-order valence-corrected chi connectivity index (χ2v) is 5.98. The third-order valence-corrected chi connectivity index (χ3v) is 4.42. The van der Waals surface area contributed by atoms with E-state index in [9.17, 15) is 0 Å². The highest BCUT2D eigenvalue weighted by Crippen LogP contribution is 2.29. The van der Waals surface area contributed by atoms with Crippen molar-refractivity contribution in [3.05, 3.63) is 35.9 Å². The largest absolute Gasteiger partial charge is 0.354 e. The van der Waals surface area contributed by atoms with Gasteiger partial charge in [0, 0.05) is 30.1 Å². The topological polar surface area (TPSA) is 28.2 Å². The normalized spacial score (nSPS) is 19.1. The Morgan fingerprint density at radius 3 is 2.95 bits per heavy atom. The van der Waals surface area contributed by atoms with Crippen molar-refractivity contribution in [2.24, 2.45) is 0 Å². The van der Waals surface area contributed by atoms with Crippen LogP contribution in [0.15, 0.2) is 30.3 Å². The van der Waals surface area contributed by atoms with Crippen LogP contribution in [-0.4, -0.2) is 24.1 Å². The van der Waals surface area contributed by atoms with Crippen LogP contribution >= 0.6 is 0 Å². The minimum atomic E-state index is 0.591. The highest BCUT2D eigenvalue weighted by molar-refractivity contribution is 5.81. The van der Waals surface area contributed by atoms with Crippen LogP contribution in [-0.2, 0) is 6.54 Å². The lowest BCUT2D eigenvalue weighted by Gasteiger charge is -2.35. The lowest BCUT2D eigenvalue weighted by atomic mass is 10.0. The van der Waals surface area contributed by atoms with Crippen LogP contribution in [0.3, 0.4) is 0 Å². The molecule has 1 fully saturated rings. The number of piperidine rings is 1.